The Bertz CT molecular complexity index is 391. The molecule has 0 aromatic heterocycles. The summed E-state index contributed by atoms with van der Waals surface area (Å²) in [6, 6.07) is 7.25. The molecule has 18 heavy (non-hydrogen) atoms. The van der Waals surface area contributed by atoms with Crippen LogP contribution in [0.25, 0.3) is 0 Å². The highest BCUT2D eigenvalue weighted by atomic mass is 35.5. The summed E-state index contributed by atoms with van der Waals surface area (Å²) in [6.07, 6.45) is 3.45. The average Bonchev–Trinajstić information content (AvgIpc) is 2.86. The number of nitrogens with one attached hydrogen (secondary N) is 2. The lowest BCUT2D eigenvalue weighted by atomic mass is 10.1. The van der Waals surface area contributed by atoms with Gasteiger partial charge >= 0.3 is 0 Å². The molecular formula is C14H21ClN2O. The molecule has 0 saturated carbocycles. The van der Waals surface area contributed by atoms with Gasteiger partial charge in [-0.2, -0.15) is 0 Å². The van der Waals surface area contributed by atoms with E-state index in [0.717, 1.165) is 39.1 Å². The maximum Gasteiger partial charge on any atom is 0.0480 e. The first-order chi connectivity index (χ1) is 8.43. The Morgan fingerprint density at radius 1 is 1.28 bits per heavy atom. The van der Waals surface area contributed by atoms with Gasteiger partial charge in [0.05, 0.1) is 0 Å². The van der Waals surface area contributed by atoms with Crippen molar-refractivity contribution < 1.29 is 4.74 Å². The minimum Gasteiger partial charge on any atom is -0.384 e. The van der Waals surface area contributed by atoms with Crippen LogP contribution in [0.15, 0.2) is 18.2 Å². The Labute approximate surface area is 115 Å². The summed E-state index contributed by atoms with van der Waals surface area (Å²) in [5, 5.41) is 7.14. The SMILES string of the molecule is Cl.c1cc2c(c(CNC3CCOCC3)c1)NCC2. The molecule has 1 aromatic carbocycles. The molecule has 4 heteroatoms. The van der Waals surface area contributed by atoms with Crippen LogP contribution in [0.5, 0.6) is 0 Å². The Kier molecular flexibility index (Phi) is 4.87. The molecule has 1 aromatic rings. The van der Waals surface area contributed by atoms with Crippen molar-refractivity contribution in [1.82, 2.24) is 5.32 Å². The molecule has 0 unspecified atom stereocenters. The number of anilines is 1. The van der Waals surface area contributed by atoms with Crippen LogP contribution in [0.2, 0.25) is 0 Å². The molecule has 0 bridgehead atoms. The van der Waals surface area contributed by atoms with Gasteiger partial charge < -0.3 is 15.4 Å². The van der Waals surface area contributed by atoms with Gasteiger partial charge in [-0.15, -0.1) is 12.4 Å². The van der Waals surface area contributed by atoms with Crippen molar-refractivity contribution in [3.63, 3.8) is 0 Å². The number of benzene rings is 1. The summed E-state index contributed by atoms with van der Waals surface area (Å²) >= 11 is 0. The summed E-state index contributed by atoms with van der Waals surface area (Å²) in [5.41, 5.74) is 4.25. The van der Waals surface area contributed by atoms with Gasteiger partial charge in [-0.1, -0.05) is 18.2 Å². The van der Waals surface area contributed by atoms with Gasteiger partial charge in [0.15, 0.2) is 0 Å². The third kappa shape index (κ3) is 2.97. The predicted octanol–water partition coefficient (Wildman–Crippen LogP) is 2.35. The van der Waals surface area contributed by atoms with Crippen LogP contribution >= 0.6 is 12.4 Å². The highest BCUT2D eigenvalue weighted by Crippen LogP contribution is 2.26. The van der Waals surface area contributed by atoms with Gasteiger partial charge in [-0.05, 0) is 30.4 Å². The zero-order chi connectivity index (χ0) is 11.5. The molecule has 2 aliphatic rings. The molecule has 1 saturated heterocycles. The van der Waals surface area contributed by atoms with Crippen LogP contribution in [-0.2, 0) is 17.7 Å². The lowest BCUT2D eigenvalue weighted by molar-refractivity contribution is 0.0776. The largest absolute Gasteiger partial charge is 0.384 e. The van der Waals surface area contributed by atoms with Crippen LogP contribution in [0.3, 0.4) is 0 Å². The number of ether oxygens (including phenoxy) is 1. The number of fused-ring (bicyclic) bond motifs is 1. The molecule has 3 rings (SSSR count). The molecular weight excluding hydrogens is 248 g/mol. The summed E-state index contributed by atoms with van der Waals surface area (Å²) < 4.78 is 5.37. The van der Waals surface area contributed by atoms with Gasteiger partial charge in [-0.25, -0.2) is 0 Å². The lowest BCUT2D eigenvalue weighted by Crippen LogP contribution is -2.34. The van der Waals surface area contributed by atoms with Crippen LogP contribution in [0.1, 0.15) is 24.0 Å². The van der Waals surface area contributed by atoms with E-state index in [1.807, 2.05) is 0 Å². The second-order valence-corrected chi connectivity index (χ2v) is 4.90. The summed E-state index contributed by atoms with van der Waals surface area (Å²) in [5.74, 6) is 0. The van der Waals surface area contributed by atoms with Crippen LogP contribution in [-0.4, -0.2) is 25.8 Å². The van der Waals surface area contributed by atoms with E-state index in [2.05, 4.69) is 28.8 Å². The smallest absolute Gasteiger partial charge is 0.0480 e. The van der Waals surface area contributed by atoms with Crippen molar-refractivity contribution in [1.29, 1.82) is 0 Å². The molecule has 1 fully saturated rings. The van der Waals surface area contributed by atoms with Crippen molar-refractivity contribution in [2.24, 2.45) is 0 Å². The second kappa shape index (κ2) is 6.41. The van der Waals surface area contributed by atoms with Crippen molar-refractivity contribution in [3.05, 3.63) is 29.3 Å². The predicted molar refractivity (Wildman–Crippen MR) is 76.6 cm³/mol. The van der Waals surface area contributed by atoms with E-state index in [1.165, 1.54) is 23.2 Å². The minimum absolute atomic E-state index is 0. The quantitative estimate of drug-likeness (QED) is 0.883. The highest BCUT2D eigenvalue weighted by molar-refractivity contribution is 5.85. The maximum absolute atomic E-state index is 5.37. The Morgan fingerprint density at radius 3 is 2.94 bits per heavy atom. The Hall–Kier alpha value is -0.770. The monoisotopic (exact) mass is 268 g/mol. The minimum atomic E-state index is 0. The number of hydrogen-bond acceptors (Lipinski definition) is 3. The summed E-state index contributed by atoms with van der Waals surface area (Å²) in [6.45, 7) is 3.87. The number of hydrogen-bond donors (Lipinski definition) is 2. The second-order valence-electron chi connectivity index (χ2n) is 4.90. The van der Waals surface area contributed by atoms with E-state index < -0.39 is 0 Å². The standard InChI is InChI=1S/C14H20N2O.ClH/c1-2-11-4-7-15-14(11)12(3-1)10-16-13-5-8-17-9-6-13;/h1-3,13,15-16H,4-10H2;1H. The van der Waals surface area contributed by atoms with Crippen LogP contribution in [0.4, 0.5) is 5.69 Å². The number of para-hydroxylation sites is 1. The van der Waals surface area contributed by atoms with E-state index in [1.54, 1.807) is 0 Å². The van der Waals surface area contributed by atoms with Gasteiger partial charge in [0.1, 0.15) is 0 Å². The summed E-state index contributed by atoms with van der Waals surface area (Å²) in [7, 11) is 0. The molecule has 3 nitrogen and oxygen atoms in total. The third-order valence-electron chi connectivity index (χ3n) is 3.74. The molecule has 100 valence electrons. The Balaban J connectivity index is 0.00000120. The van der Waals surface area contributed by atoms with Crippen molar-refractivity contribution in [2.75, 3.05) is 25.1 Å². The van der Waals surface area contributed by atoms with E-state index in [4.69, 9.17) is 4.74 Å². The maximum atomic E-state index is 5.37. The molecule has 0 aliphatic carbocycles. The van der Waals surface area contributed by atoms with E-state index >= 15 is 0 Å². The number of rotatable bonds is 3. The molecule has 0 spiro atoms. The van der Waals surface area contributed by atoms with Crippen molar-refractivity contribution in [3.8, 4) is 0 Å². The normalized spacial score (nSPS) is 18.9. The first-order valence-corrected chi connectivity index (χ1v) is 6.59. The third-order valence-corrected chi connectivity index (χ3v) is 3.74. The zero-order valence-electron chi connectivity index (χ0n) is 10.6. The van der Waals surface area contributed by atoms with Gasteiger partial charge in [0.2, 0.25) is 0 Å². The molecule has 0 radical (unpaired) electrons. The first-order valence-electron chi connectivity index (χ1n) is 6.59. The van der Waals surface area contributed by atoms with Crippen molar-refractivity contribution >= 4 is 18.1 Å². The molecule has 0 atom stereocenters. The molecule has 0 amide bonds. The van der Waals surface area contributed by atoms with Crippen molar-refractivity contribution in [2.45, 2.75) is 31.8 Å². The molecule has 2 heterocycles. The first kappa shape index (κ1) is 13.7. The van der Waals surface area contributed by atoms with E-state index in [9.17, 15) is 0 Å². The van der Waals surface area contributed by atoms with Crippen LogP contribution < -0.4 is 10.6 Å². The molecule has 2 aliphatic heterocycles. The summed E-state index contributed by atoms with van der Waals surface area (Å²) in [4.78, 5) is 0. The fourth-order valence-electron chi connectivity index (χ4n) is 2.71. The van der Waals surface area contributed by atoms with Gasteiger partial charge in [0, 0.05) is 38.0 Å². The number of halogens is 1. The van der Waals surface area contributed by atoms with E-state index in [-0.39, 0.29) is 12.4 Å². The highest BCUT2D eigenvalue weighted by Gasteiger charge is 2.16. The van der Waals surface area contributed by atoms with E-state index in [0.29, 0.717) is 6.04 Å². The van der Waals surface area contributed by atoms with Crippen LogP contribution in [0, 0.1) is 0 Å². The lowest BCUT2D eigenvalue weighted by Gasteiger charge is -2.23. The molecule has 2 N–H and O–H groups in total. The topological polar surface area (TPSA) is 33.3 Å². The average molecular weight is 269 g/mol. The zero-order valence-corrected chi connectivity index (χ0v) is 11.4. The fourth-order valence-corrected chi connectivity index (χ4v) is 2.71. The Morgan fingerprint density at radius 2 is 2.11 bits per heavy atom. The van der Waals surface area contributed by atoms with Gasteiger partial charge in [-0.3, -0.25) is 0 Å². The van der Waals surface area contributed by atoms with Gasteiger partial charge in [0.25, 0.3) is 0 Å². The fraction of sp³-hybridized carbons (Fsp3) is 0.571.